The third-order valence-electron chi connectivity index (χ3n) is 8.87. The minimum Gasteiger partial charge on any atom is -0.448 e. The van der Waals surface area contributed by atoms with Crippen molar-refractivity contribution >= 4 is 63.2 Å². The van der Waals surface area contributed by atoms with Gasteiger partial charge in [0.1, 0.15) is 24.1 Å². The molecule has 1 unspecified atom stereocenters. The van der Waals surface area contributed by atoms with E-state index >= 15 is 0 Å². The monoisotopic (exact) mass is 777 g/mol. The second-order valence-corrected chi connectivity index (χ2v) is 14.6. The number of alkyl carbamates (subject to hydrolysis) is 1. The molecule has 0 bridgehead atoms. The summed E-state index contributed by atoms with van der Waals surface area (Å²) in [7, 11) is 0. The van der Waals surface area contributed by atoms with Crippen LogP contribution in [0, 0.1) is 19.8 Å². The van der Waals surface area contributed by atoms with Crippen molar-refractivity contribution in [2.24, 2.45) is 5.92 Å². The Bertz CT molecular complexity index is 1520. The molecular formula is C37H53Cl2N7O5S. The molecule has 3 heterocycles. The molecule has 1 amide bonds. The number of hydrogen-bond donors (Lipinski definition) is 2. The lowest BCUT2D eigenvalue weighted by atomic mass is 9.90. The minimum absolute atomic E-state index is 0.0680. The van der Waals surface area contributed by atoms with Gasteiger partial charge in [-0.1, -0.05) is 54.8 Å². The van der Waals surface area contributed by atoms with Gasteiger partial charge in [0, 0.05) is 68.8 Å². The van der Waals surface area contributed by atoms with Crippen molar-refractivity contribution in [2.75, 3.05) is 88.4 Å². The van der Waals surface area contributed by atoms with Gasteiger partial charge in [0.15, 0.2) is 10.9 Å². The second-order valence-electron chi connectivity index (χ2n) is 12.7. The number of alkyl halides is 1. The van der Waals surface area contributed by atoms with Gasteiger partial charge in [-0.3, -0.25) is 9.69 Å². The lowest BCUT2D eigenvalue weighted by Crippen LogP contribution is -2.48. The molecule has 1 aliphatic rings. The predicted octanol–water partition coefficient (Wildman–Crippen LogP) is 7.08. The second kappa shape index (κ2) is 22.9. The van der Waals surface area contributed by atoms with Crippen LogP contribution in [0.15, 0.2) is 30.5 Å². The van der Waals surface area contributed by atoms with Crippen LogP contribution in [0.25, 0.3) is 0 Å². The summed E-state index contributed by atoms with van der Waals surface area (Å²) in [5.41, 5.74) is 2.11. The molecule has 2 aromatic heterocycles. The first-order chi connectivity index (χ1) is 25.3. The molecule has 1 fully saturated rings. The van der Waals surface area contributed by atoms with Gasteiger partial charge >= 0.3 is 6.09 Å². The van der Waals surface area contributed by atoms with Crippen LogP contribution < -0.4 is 15.5 Å². The number of aryl methyl sites for hydroxylation is 2. The molecular weight excluding hydrogens is 725 g/mol. The van der Waals surface area contributed by atoms with Crippen LogP contribution in [-0.4, -0.2) is 110 Å². The Morgan fingerprint density at radius 3 is 2.50 bits per heavy atom. The van der Waals surface area contributed by atoms with E-state index in [1.165, 1.54) is 11.3 Å². The van der Waals surface area contributed by atoms with Crippen molar-refractivity contribution in [3.63, 3.8) is 0 Å². The summed E-state index contributed by atoms with van der Waals surface area (Å²) in [6.45, 7) is 12.6. The van der Waals surface area contributed by atoms with E-state index in [1.807, 2.05) is 45.0 Å². The molecule has 4 rings (SSSR count). The van der Waals surface area contributed by atoms with Crippen molar-refractivity contribution in [3.05, 3.63) is 57.3 Å². The van der Waals surface area contributed by atoms with Gasteiger partial charge in [0.25, 0.3) is 0 Å². The zero-order valence-corrected chi connectivity index (χ0v) is 33.0. The molecule has 1 aliphatic heterocycles. The van der Waals surface area contributed by atoms with Gasteiger partial charge < -0.3 is 29.7 Å². The van der Waals surface area contributed by atoms with Gasteiger partial charge in [-0.25, -0.2) is 19.7 Å². The number of halogens is 2. The average Bonchev–Trinajstić information content (AvgIpc) is 3.60. The van der Waals surface area contributed by atoms with E-state index in [0.29, 0.717) is 79.0 Å². The summed E-state index contributed by atoms with van der Waals surface area (Å²) in [5.74, 6) is 2.69. The van der Waals surface area contributed by atoms with E-state index < -0.39 is 6.09 Å². The highest BCUT2D eigenvalue weighted by molar-refractivity contribution is 7.17. The highest BCUT2D eigenvalue weighted by Crippen LogP contribution is 2.30. The van der Waals surface area contributed by atoms with Crippen LogP contribution in [0.4, 0.5) is 21.6 Å². The van der Waals surface area contributed by atoms with Crippen molar-refractivity contribution in [1.29, 1.82) is 0 Å². The molecule has 286 valence electrons. The van der Waals surface area contributed by atoms with E-state index in [-0.39, 0.29) is 11.7 Å². The number of nitrogens with zero attached hydrogens (tertiary/aromatic N) is 5. The number of ketones is 1. The summed E-state index contributed by atoms with van der Waals surface area (Å²) in [5, 5.41) is 7.30. The quantitative estimate of drug-likeness (QED) is 0.0582. The lowest BCUT2D eigenvalue weighted by Gasteiger charge is -2.35. The molecule has 3 aromatic rings. The van der Waals surface area contributed by atoms with Crippen molar-refractivity contribution in [3.8, 4) is 0 Å². The van der Waals surface area contributed by atoms with Crippen LogP contribution in [0.2, 0.25) is 5.02 Å². The number of rotatable bonds is 23. The number of piperazine rings is 1. The van der Waals surface area contributed by atoms with E-state index in [9.17, 15) is 9.59 Å². The maximum absolute atomic E-state index is 13.5. The number of carbonyl (C=O) groups is 2. The van der Waals surface area contributed by atoms with Crippen LogP contribution >= 0.6 is 34.5 Å². The Morgan fingerprint density at radius 1 is 0.981 bits per heavy atom. The molecule has 0 radical (unpaired) electrons. The number of thiazole rings is 1. The lowest BCUT2D eigenvalue weighted by molar-refractivity contribution is 0.0467. The zero-order valence-electron chi connectivity index (χ0n) is 30.6. The standard InChI is InChI=1S/C37H53Cl2N7O5S/c1-4-29(24-30-27(2)10-9-11-31(30)39)35(47)32-26-41-36(52-32)44-33-25-34(43-28(3)42-33)46-16-14-45(15-17-46)18-21-51-37(48)40-13-20-50-23-22-49-19-8-6-5-7-12-38/h9-11,25-26,29H,4-8,12-24H2,1-3H3,(H,40,48)(H,41,42,43,44). The fourth-order valence-electron chi connectivity index (χ4n) is 5.85. The van der Waals surface area contributed by atoms with Gasteiger partial charge in [-0.15, -0.1) is 11.6 Å². The van der Waals surface area contributed by atoms with Gasteiger partial charge in [-0.2, -0.15) is 0 Å². The number of unbranched alkanes of at least 4 members (excludes halogenated alkanes) is 3. The van der Waals surface area contributed by atoms with Crippen LogP contribution in [0.1, 0.15) is 65.7 Å². The first-order valence-electron chi connectivity index (χ1n) is 18.2. The molecule has 0 spiro atoms. The van der Waals surface area contributed by atoms with Crippen LogP contribution in [0.5, 0.6) is 0 Å². The normalized spacial score (nSPS) is 14.0. The first kappa shape index (κ1) is 41.7. The number of ether oxygens (including phenoxy) is 3. The highest BCUT2D eigenvalue weighted by atomic mass is 35.5. The van der Waals surface area contributed by atoms with Gasteiger partial charge in [0.2, 0.25) is 0 Å². The third kappa shape index (κ3) is 14.1. The molecule has 0 saturated carbocycles. The average molecular weight is 779 g/mol. The molecule has 52 heavy (non-hydrogen) atoms. The number of hydrogen-bond acceptors (Lipinski definition) is 12. The number of benzene rings is 1. The van der Waals surface area contributed by atoms with E-state index in [4.69, 9.17) is 37.4 Å². The third-order valence-corrected chi connectivity index (χ3v) is 10.4. The number of nitrogens with one attached hydrogen (secondary N) is 2. The predicted molar refractivity (Wildman–Crippen MR) is 209 cm³/mol. The van der Waals surface area contributed by atoms with Crippen molar-refractivity contribution in [1.82, 2.24) is 25.2 Å². The Balaban J connectivity index is 1.13. The molecule has 15 heteroatoms. The van der Waals surface area contributed by atoms with Crippen molar-refractivity contribution in [2.45, 2.75) is 59.3 Å². The Labute approximate surface area is 321 Å². The van der Waals surface area contributed by atoms with Crippen molar-refractivity contribution < 1.29 is 23.8 Å². The zero-order chi connectivity index (χ0) is 37.1. The fraction of sp³-hybridized carbons (Fsp3) is 0.595. The van der Waals surface area contributed by atoms with E-state index in [1.54, 1.807) is 6.20 Å². The maximum atomic E-state index is 13.5. The molecule has 0 aliphatic carbocycles. The molecule has 1 saturated heterocycles. The smallest absolute Gasteiger partial charge is 0.407 e. The van der Waals surface area contributed by atoms with E-state index in [0.717, 1.165) is 81.3 Å². The van der Waals surface area contributed by atoms with Crippen LogP contribution in [0.3, 0.4) is 0 Å². The number of aromatic nitrogens is 3. The SMILES string of the molecule is CCC(Cc1c(C)cccc1Cl)C(=O)c1cnc(Nc2cc(N3CCN(CCOC(=O)NCCOCCOCCCCCCCl)CC3)nc(C)n2)s1. The first-order valence-corrected chi connectivity index (χ1v) is 20.0. The van der Waals surface area contributed by atoms with Gasteiger partial charge in [-0.05, 0) is 56.7 Å². The molecule has 1 aromatic carbocycles. The summed E-state index contributed by atoms with van der Waals surface area (Å²) in [4.78, 5) is 44.4. The summed E-state index contributed by atoms with van der Waals surface area (Å²) >= 11 is 13.5. The number of amides is 1. The molecule has 2 N–H and O–H groups in total. The number of anilines is 3. The molecule has 1 atom stereocenters. The summed E-state index contributed by atoms with van der Waals surface area (Å²) < 4.78 is 16.4. The Hall–Kier alpha value is -3.07. The number of Topliss-reactive ketones (excluding diaryl/α,β-unsaturated/α-hetero) is 1. The summed E-state index contributed by atoms with van der Waals surface area (Å²) in [6.07, 6.45) is 6.86. The fourth-order valence-corrected chi connectivity index (χ4v) is 7.18. The molecule has 12 nitrogen and oxygen atoms in total. The largest absolute Gasteiger partial charge is 0.448 e. The minimum atomic E-state index is -0.444. The number of carbonyl (C=O) groups excluding carboxylic acids is 2. The highest BCUT2D eigenvalue weighted by Gasteiger charge is 2.24. The van der Waals surface area contributed by atoms with Crippen LogP contribution in [-0.2, 0) is 20.6 Å². The Kier molecular flexibility index (Phi) is 18.3. The van der Waals surface area contributed by atoms with Gasteiger partial charge in [0.05, 0.1) is 30.9 Å². The maximum Gasteiger partial charge on any atom is 0.407 e. The van der Waals surface area contributed by atoms with E-state index in [2.05, 4.69) is 35.4 Å². The topological polar surface area (TPSA) is 131 Å². The summed E-state index contributed by atoms with van der Waals surface area (Å²) in [6, 6.07) is 7.74. The Morgan fingerprint density at radius 2 is 1.75 bits per heavy atom.